The number of thioether (sulfide) groups is 1. The molecular weight excluding hydrogens is 314 g/mol. The Morgan fingerprint density at radius 1 is 1.05 bits per heavy atom. The zero-order chi connectivity index (χ0) is 15.2. The Balaban J connectivity index is 1.84. The molecule has 0 aliphatic carbocycles. The van der Waals surface area contributed by atoms with E-state index in [2.05, 4.69) is 15.5 Å². The van der Waals surface area contributed by atoms with Gasteiger partial charge in [0.1, 0.15) is 10.8 Å². The van der Waals surface area contributed by atoms with Gasteiger partial charge < -0.3 is 0 Å². The van der Waals surface area contributed by atoms with E-state index in [0.717, 1.165) is 10.5 Å². The highest BCUT2D eigenvalue weighted by Crippen LogP contribution is 2.36. The van der Waals surface area contributed by atoms with Crippen molar-refractivity contribution in [2.24, 2.45) is 0 Å². The number of carbonyl (C=O) groups is 1. The van der Waals surface area contributed by atoms with Gasteiger partial charge in [0.05, 0.1) is 0 Å². The molecule has 1 amide bonds. The van der Waals surface area contributed by atoms with Crippen molar-refractivity contribution in [1.82, 2.24) is 10.2 Å². The molecule has 3 rings (SSSR count). The summed E-state index contributed by atoms with van der Waals surface area (Å²) in [5, 5.41) is 10.6. The molecule has 0 saturated carbocycles. The largest absolute Gasteiger partial charge is 0.299 e. The van der Waals surface area contributed by atoms with Crippen LogP contribution in [0.4, 0.5) is 5.13 Å². The SMILES string of the molecule is O=C(Nc1nncs1)[C@H](Sc1ccccc1)c1ccccc1. The van der Waals surface area contributed by atoms with Gasteiger partial charge in [-0.05, 0) is 17.7 Å². The molecule has 0 radical (unpaired) electrons. The molecule has 2 aromatic carbocycles. The summed E-state index contributed by atoms with van der Waals surface area (Å²) in [6.07, 6.45) is 0. The van der Waals surface area contributed by atoms with Gasteiger partial charge in [-0.25, -0.2) is 0 Å². The van der Waals surface area contributed by atoms with Crippen molar-refractivity contribution in [3.63, 3.8) is 0 Å². The third kappa shape index (κ3) is 3.72. The molecule has 0 aliphatic rings. The molecule has 1 atom stereocenters. The van der Waals surface area contributed by atoms with Gasteiger partial charge in [-0.2, -0.15) is 0 Å². The quantitative estimate of drug-likeness (QED) is 0.719. The third-order valence-corrected chi connectivity index (χ3v) is 4.80. The van der Waals surface area contributed by atoms with Crippen molar-refractivity contribution < 1.29 is 4.79 Å². The smallest absolute Gasteiger partial charge is 0.244 e. The summed E-state index contributed by atoms with van der Waals surface area (Å²) in [4.78, 5) is 13.7. The highest BCUT2D eigenvalue weighted by atomic mass is 32.2. The van der Waals surface area contributed by atoms with E-state index >= 15 is 0 Å². The normalized spacial score (nSPS) is 11.8. The Labute approximate surface area is 136 Å². The molecule has 0 bridgehead atoms. The summed E-state index contributed by atoms with van der Waals surface area (Å²) < 4.78 is 0. The van der Waals surface area contributed by atoms with Crippen LogP contribution in [-0.4, -0.2) is 16.1 Å². The van der Waals surface area contributed by atoms with Crippen molar-refractivity contribution >= 4 is 34.1 Å². The molecule has 0 saturated heterocycles. The average molecular weight is 327 g/mol. The predicted molar refractivity (Wildman–Crippen MR) is 90.0 cm³/mol. The second kappa shape index (κ2) is 7.20. The maximum atomic E-state index is 12.6. The van der Waals surface area contributed by atoms with E-state index in [1.165, 1.54) is 23.1 Å². The molecule has 0 aliphatic heterocycles. The number of aromatic nitrogens is 2. The Morgan fingerprint density at radius 2 is 1.73 bits per heavy atom. The minimum atomic E-state index is -0.340. The molecule has 6 heteroatoms. The van der Waals surface area contributed by atoms with Crippen LogP contribution in [0.15, 0.2) is 71.1 Å². The zero-order valence-corrected chi connectivity index (χ0v) is 13.2. The Kier molecular flexibility index (Phi) is 4.82. The van der Waals surface area contributed by atoms with Gasteiger partial charge in [0.25, 0.3) is 0 Å². The molecule has 4 nitrogen and oxygen atoms in total. The number of carbonyl (C=O) groups excluding carboxylic acids is 1. The highest BCUT2D eigenvalue weighted by molar-refractivity contribution is 8.00. The summed E-state index contributed by atoms with van der Waals surface area (Å²) >= 11 is 2.82. The lowest BCUT2D eigenvalue weighted by Crippen LogP contribution is -2.18. The maximum Gasteiger partial charge on any atom is 0.244 e. The second-order valence-corrected chi connectivity index (χ2v) is 6.47. The van der Waals surface area contributed by atoms with Crippen molar-refractivity contribution in [3.05, 3.63) is 71.7 Å². The molecule has 1 N–H and O–H groups in total. The van der Waals surface area contributed by atoms with Crippen LogP contribution in [0.2, 0.25) is 0 Å². The van der Waals surface area contributed by atoms with E-state index in [0.29, 0.717) is 5.13 Å². The van der Waals surface area contributed by atoms with Gasteiger partial charge in [-0.3, -0.25) is 10.1 Å². The molecule has 0 unspecified atom stereocenters. The Morgan fingerprint density at radius 3 is 2.36 bits per heavy atom. The van der Waals surface area contributed by atoms with Crippen LogP contribution in [0, 0.1) is 0 Å². The first-order valence-electron chi connectivity index (χ1n) is 6.66. The number of hydrogen-bond donors (Lipinski definition) is 1. The monoisotopic (exact) mass is 327 g/mol. The molecule has 110 valence electrons. The van der Waals surface area contributed by atoms with Crippen LogP contribution in [0.3, 0.4) is 0 Å². The number of anilines is 1. The molecular formula is C16H13N3OS2. The van der Waals surface area contributed by atoms with Gasteiger partial charge in [0.2, 0.25) is 11.0 Å². The van der Waals surface area contributed by atoms with Crippen LogP contribution < -0.4 is 5.32 Å². The van der Waals surface area contributed by atoms with Crippen molar-refractivity contribution in [2.45, 2.75) is 10.1 Å². The van der Waals surface area contributed by atoms with E-state index in [1.807, 2.05) is 60.7 Å². The lowest BCUT2D eigenvalue weighted by atomic mass is 10.1. The topological polar surface area (TPSA) is 54.9 Å². The number of hydrogen-bond acceptors (Lipinski definition) is 5. The number of nitrogens with zero attached hydrogens (tertiary/aromatic N) is 2. The van der Waals surface area contributed by atoms with Crippen LogP contribution >= 0.6 is 23.1 Å². The van der Waals surface area contributed by atoms with E-state index in [4.69, 9.17) is 0 Å². The van der Waals surface area contributed by atoms with E-state index in [1.54, 1.807) is 5.51 Å². The number of nitrogens with one attached hydrogen (secondary N) is 1. The summed E-state index contributed by atoms with van der Waals surface area (Å²) in [6.45, 7) is 0. The van der Waals surface area contributed by atoms with Crippen LogP contribution in [0.5, 0.6) is 0 Å². The van der Waals surface area contributed by atoms with Crippen molar-refractivity contribution in [1.29, 1.82) is 0 Å². The van der Waals surface area contributed by atoms with Gasteiger partial charge in [0, 0.05) is 4.90 Å². The Bertz CT molecular complexity index is 718. The lowest BCUT2D eigenvalue weighted by molar-refractivity contribution is -0.115. The first kappa shape index (κ1) is 14.7. The molecule has 0 spiro atoms. The molecule has 0 fully saturated rings. The number of amides is 1. The fourth-order valence-electron chi connectivity index (χ4n) is 1.93. The molecule has 1 aromatic heterocycles. The maximum absolute atomic E-state index is 12.6. The second-order valence-electron chi connectivity index (χ2n) is 4.45. The average Bonchev–Trinajstić information content (AvgIpc) is 3.07. The lowest BCUT2D eigenvalue weighted by Gasteiger charge is -2.16. The van der Waals surface area contributed by atoms with E-state index in [9.17, 15) is 4.79 Å². The van der Waals surface area contributed by atoms with Crippen LogP contribution in [-0.2, 0) is 4.79 Å². The standard InChI is InChI=1S/C16H13N3OS2/c20-15(18-16-19-17-11-21-16)14(12-7-3-1-4-8-12)22-13-9-5-2-6-10-13/h1-11,14H,(H,18,19,20)/t14-/m1/s1. The minimum absolute atomic E-state index is 0.100. The fraction of sp³-hybridized carbons (Fsp3) is 0.0625. The number of rotatable bonds is 5. The molecule has 3 aromatic rings. The minimum Gasteiger partial charge on any atom is -0.299 e. The molecule has 22 heavy (non-hydrogen) atoms. The summed E-state index contributed by atoms with van der Waals surface area (Å²) in [6, 6.07) is 19.6. The predicted octanol–water partition coefficient (Wildman–Crippen LogP) is 4.01. The third-order valence-electron chi connectivity index (χ3n) is 2.93. The summed E-state index contributed by atoms with van der Waals surface area (Å²) in [5.74, 6) is -0.100. The fourth-order valence-corrected chi connectivity index (χ4v) is 3.43. The number of benzene rings is 2. The highest BCUT2D eigenvalue weighted by Gasteiger charge is 2.22. The van der Waals surface area contributed by atoms with Gasteiger partial charge in [0.15, 0.2) is 0 Å². The van der Waals surface area contributed by atoms with Crippen molar-refractivity contribution in [3.8, 4) is 0 Å². The van der Waals surface area contributed by atoms with E-state index in [-0.39, 0.29) is 11.2 Å². The van der Waals surface area contributed by atoms with Gasteiger partial charge in [-0.1, -0.05) is 59.9 Å². The van der Waals surface area contributed by atoms with E-state index < -0.39 is 0 Å². The van der Waals surface area contributed by atoms with Crippen molar-refractivity contribution in [2.75, 3.05) is 5.32 Å². The first-order valence-corrected chi connectivity index (χ1v) is 8.42. The zero-order valence-electron chi connectivity index (χ0n) is 11.5. The van der Waals surface area contributed by atoms with Gasteiger partial charge in [-0.15, -0.1) is 22.0 Å². The van der Waals surface area contributed by atoms with Gasteiger partial charge >= 0.3 is 0 Å². The summed E-state index contributed by atoms with van der Waals surface area (Å²) in [5.41, 5.74) is 2.55. The first-order chi connectivity index (χ1) is 10.8. The van der Waals surface area contributed by atoms with Crippen LogP contribution in [0.25, 0.3) is 0 Å². The van der Waals surface area contributed by atoms with Crippen LogP contribution in [0.1, 0.15) is 10.8 Å². The summed E-state index contributed by atoms with van der Waals surface area (Å²) in [7, 11) is 0. The Hall–Kier alpha value is -2.18. The molecule has 1 heterocycles.